The molecule has 0 aliphatic rings. The molecule has 70 valence electrons. The molecule has 1 N–H and O–H groups in total. The minimum Gasteiger partial charge on any atom is -0.351 e. The summed E-state index contributed by atoms with van der Waals surface area (Å²) in [6.07, 6.45) is 1.76. The Hall–Kier alpha value is -1.03. The zero-order chi connectivity index (χ0) is 9.68. The molecule has 1 aromatic heterocycles. The SMILES string of the molecule is Cc1ccc(CNC(=O)CS)cn1. The summed E-state index contributed by atoms with van der Waals surface area (Å²) < 4.78 is 0. The first-order valence-electron chi connectivity index (χ1n) is 4.01. The van der Waals surface area contributed by atoms with Crippen LogP contribution in [-0.4, -0.2) is 16.6 Å². The molecule has 0 aliphatic carbocycles. The summed E-state index contributed by atoms with van der Waals surface area (Å²) in [5.41, 5.74) is 1.98. The number of pyridine rings is 1. The summed E-state index contributed by atoms with van der Waals surface area (Å²) in [5, 5.41) is 2.71. The minimum absolute atomic E-state index is 0.0658. The monoisotopic (exact) mass is 196 g/mol. The average molecular weight is 196 g/mol. The van der Waals surface area contributed by atoms with Crippen LogP contribution in [0.2, 0.25) is 0 Å². The highest BCUT2D eigenvalue weighted by Gasteiger charge is 1.97. The molecule has 0 saturated carbocycles. The van der Waals surface area contributed by atoms with Gasteiger partial charge in [0.25, 0.3) is 0 Å². The van der Waals surface area contributed by atoms with Crippen LogP contribution in [0.3, 0.4) is 0 Å². The largest absolute Gasteiger partial charge is 0.351 e. The summed E-state index contributed by atoms with van der Waals surface area (Å²) >= 11 is 3.85. The second-order valence-electron chi connectivity index (χ2n) is 2.74. The van der Waals surface area contributed by atoms with Crippen LogP contribution in [0, 0.1) is 6.92 Å². The predicted molar refractivity (Wildman–Crippen MR) is 54.7 cm³/mol. The van der Waals surface area contributed by atoms with Crippen molar-refractivity contribution in [3.05, 3.63) is 29.6 Å². The van der Waals surface area contributed by atoms with Crippen molar-refractivity contribution >= 4 is 18.5 Å². The summed E-state index contributed by atoms with van der Waals surface area (Å²) in [4.78, 5) is 15.0. The van der Waals surface area contributed by atoms with E-state index in [9.17, 15) is 4.79 Å². The number of nitrogens with one attached hydrogen (secondary N) is 1. The van der Waals surface area contributed by atoms with Crippen LogP contribution in [0.4, 0.5) is 0 Å². The lowest BCUT2D eigenvalue weighted by atomic mass is 10.2. The van der Waals surface area contributed by atoms with Gasteiger partial charge in [0, 0.05) is 18.4 Å². The Balaban J connectivity index is 2.46. The molecule has 13 heavy (non-hydrogen) atoms. The molecule has 1 rings (SSSR count). The fourth-order valence-corrected chi connectivity index (χ4v) is 0.971. The normalized spacial score (nSPS) is 9.69. The van der Waals surface area contributed by atoms with Crippen molar-refractivity contribution in [2.45, 2.75) is 13.5 Å². The van der Waals surface area contributed by atoms with Gasteiger partial charge < -0.3 is 5.32 Å². The van der Waals surface area contributed by atoms with Crippen LogP contribution < -0.4 is 5.32 Å². The maximum Gasteiger partial charge on any atom is 0.229 e. The molecule has 0 radical (unpaired) electrons. The summed E-state index contributed by atoms with van der Waals surface area (Å²) in [5.74, 6) is 0.156. The molecular formula is C9H12N2OS. The van der Waals surface area contributed by atoms with Crippen molar-refractivity contribution in [1.82, 2.24) is 10.3 Å². The van der Waals surface area contributed by atoms with Crippen LogP contribution in [0.25, 0.3) is 0 Å². The molecule has 4 heteroatoms. The Labute approximate surface area is 83.0 Å². The Morgan fingerprint density at radius 3 is 2.92 bits per heavy atom. The molecule has 0 fully saturated rings. The third-order valence-corrected chi connectivity index (χ3v) is 1.89. The third kappa shape index (κ3) is 3.46. The molecule has 1 heterocycles. The number of carbonyl (C=O) groups excluding carboxylic acids is 1. The minimum atomic E-state index is -0.0658. The van der Waals surface area contributed by atoms with E-state index in [1.165, 1.54) is 0 Å². The molecule has 3 nitrogen and oxygen atoms in total. The van der Waals surface area contributed by atoms with E-state index in [0.717, 1.165) is 11.3 Å². The van der Waals surface area contributed by atoms with E-state index in [-0.39, 0.29) is 11.7 Å². The number of hydrogen-bond acceptors (Lipinski definition) is 3. The predicted octanol–water partition coefficient (Wildman–Crippen LogP) is 0.936. The third-order valence-electron chi connectivity index (χ3n) is 1.61. The van der Waals surface area contributed by atoms with E-state index < -0.39 is 0 Å². The van der Waals surface area contributed by atoms with E-state index >= 15 is 0 Å². The molecule has 0 aromatic carbocycles. The van der Waals surface area contributed by atoms with Crippen molar-refractivity contribution in [2.75, 3.05) is 5.75 Å². The number of amides is 1. The maximum atomic E-state index is 10.8. The first-order valence-corrected chi connectivity index (χ1v) is 4.64. The fraction of sp³-hybridized carbons (Fsp3) is 0.333. The molecule has 1 aromatic rings. The maximum absolute atomic E-state index is 10.8. The van der Waals surface area contributed by atoms with Crippen molar-refractivity contribution in [3.8, 4) is 0 Å². The lowest BCUT2D eigenvalue weighted by Crippen LogP contribution is -2.23. The van der Waals surface area contributed by atoms with Crippen LogP contribution in [0.1, 0.15) is 11.3 Å². The zero-order valence-electron chi connectivity index (χ0n) is 7.45. The van der Waals surface area contributed by atoms with Gasteiger partial charge in [0.1, 0.15) is 0 Å². The van der Waals surface area contributed by atoms with E-state index in [0.29, 0.717) is 6.54 Å². The second-order valence-corrected chi connectivity index (χ2v) is 3.06. The Kier molecular flexibility index (Phi) is 3.76. The van der Waals surface area contributed by atoms with Gasteiger partial charge in [-0.25, -0.2) is 0 Å². The lowest BCUT2D eigenvalue weighted by molar-refractivity contribution is -0.118. The van der Waals surface area contributed by atoms with Gasteiger partial charge >= 0.3 is 0 Å². The van der Waals surface area contributed by atoms with E-state index in [1.54, 1.807) is 6.20 Å². The number of nitrogens with zero attached hydrogens (tertiary/aromatic N) is 1. The van der Waals surface area contributed by atoms with Crippen molar-refractivity contribution in [2.24, 2.45) is 0 Å². The molecule has 0 bridgehead atoms. The first-order chi connectivity index (χ1) is 6.22. The molecule has 0 saturated heterocycles. The number of carbonyl (C=O) groups is 1. The van der Waals surface area contributed by atoms with Crippen molar-refractivity contribution in [3.63, 3.8) is 0 Å². The van der Waals surface area contributed by atoms with Gasteiger partial charge in [0.15, 0.2) is 0 Å². The zero-order valence-corrected chi connectivity index (χ0v) is 8.34. The molecular weight excluding hydrogens is 184 g/mol. The molecule has 1 amide bonds. The standard InChI is InChI=1S/C9H12N2OS/c1-7-2-3-8(4-10-7)5-11-9(12)6-13/h2-4,13H,5-6H2,1H3,(H,11,12). The van der Waals surface area contributed by atoms with Gasteiger partial charge in [-0.3, -0.25) is 9.78 Å². The Bertz CT molecular complexity index is 284. The highest BCUT2D eigenvalue weighted by atomic mass is 32.1. The van der Waals surface area contributed by atoms with Crippen LogP contribution in [0.5, 0.6) is 0 Å². The van der Waals surface area contributed by atoms with Gasteiger partial charge in [0.05, 0.1) is 5.75 Å². The van der Waals surface area contributed by atoms with Gasteiger partial charge in [0.2, 0.25) is 5.91 Å². The summed E-state index contributed by atoms with van der Waals surface area (Å²) in [7, 11) is 0. The molecule has 0 spiro atoms. The number of aryl methyl sites for hydroxylation is 1. The van der Waals surface area contributed by atoms with E-state index in [1.807, 2.05) is 19.1 Å². The van der Waals surface area contributed by atoms with Crippen molar-refractivity contribution < 1.29 is 4.79 Å². The molecule has 0 aliphatic heterocycles. The van der Waals surface area contributed by atoms with Gasteiger partial charge in [-0.15, -0.1) is 0 Å². The van der Waals surface area contributed by atoms with E-state index in [4.69, 9.17) is 0 Å². The number of aromatic nitrogens is 1. The van der Waals surface area contributed by atoms with Crippen LogP contribution >= 0.6 is 12.6 Å². The number of hydrogen-bond donors (Lipinski definition) is 2. The fourth-order valence-electron chi connectivity index (χ4n) is 0.860. The topological polar surface area (TPSA) is 42.0 Å². The smallest absolute Gasteiger partial charge is 0.229 e. The van der Waals surface area contributed by atoms with Gasteiger partial charge in [-0.1, -0.05) is 6.07 Å². The number of rotatable bonds is 3. The Morgan fingerprint density at radius 1 is 1.62 bits per heavy atom. The molecule has 0 unspecified atom stereocenters. The van der Waals surface area contributed by atoms with E-state index in [2.05, 4.69) is 22.9 Å². The molecule has 0 atom stereocenters. The van der Waals surface area contributed by atoms with Crippen molar-refractivity contribution in [1.29, 1.82) is 0 Å². The highest BCUT2D eigenvalue weighted by molar-refractivity contribution is 7.81. The quantitative estimate of drug-likeness (QED) is 0.706. The summed E-state index contributed by atoms with van der Waals surface area (Å²) in [6, 6.07) is 3.86. The second kappa shape index (κ2) is 4.87. The number of thiol groups is 1. The highest BCUT2D eigenvalue weighted by Crippen LogP contribution is 1.98. The van der Waals surface area contributed by atoms with Gasteiger partial charge in [-0.2, -0.15) is 12.6 Å². The average Bonchev–Trinajstić information content (AvgIpc) is 2.16. The van der Waals surface area contributed by atoms with Crippen LogP contribution in [-0.2, 0) is 11.3 Å². The van der Waals surface area contributed by atoms with Gasteiger partial charge in [-0.05, 0) is 18.6 Å². The summed E-state index contributed by atoms with van der Waals surface area (Å²) in [6.45, 7) is 2.45. The first kappa shape index (κ1) is 10.1. The Morgan fingerprint density at radius 2 is 2.38 bits per heavy atom. The lowest BCUT2D eigenvalue weighted by Gasteiger charge is -2.02. The van der Waals surface area contributed by atoms with Crippen LogP contribution in [0.15, 0.2) is 18.3 Å².